The quantitative estimate of drug-likeness (QED) is 0.784. The molecule has 4 nitrogen and oxygen atoms in total. The smallest absolute Gasteiger partial charge is 0.138 e. The Morgan fingerprint density at radius 2 is 1.95 bits per heavy atom. The molecular formula is C16H18N4S. The molecule has 0 aliphatic carbocycles. The van der Waals surface area contributed by atoms with Gasteiger partial charge in [0.25, 0.3) is 0 Å². The first kappa shape index (κ1) is 14.0. The fourth-order valence-electron chi connectivity index (χ4n) is 2.40. The van der Waals surface area contributed by atoms with Crippen molar-refractivity contribution < 1.29 is 0 Å². The highest BCUT2D eigenvalue weighted by Crippen LogP contribution is 2.25. The number of aromatic nitrogens is 2. The number of anilines is 1. The van der Waals surface area contributed by atoms with Crippen LogP contribution in [0.2, 0.25) is 0 Å². The molecule has 0 amide bonds. The molecule has 0 unspecified atom stereocenters. The monoisotopic (exact) mass is 298 g/mol. The number of fused-ring (bicyclic) bond motifs is 1. The lowest BCUT2D eigenvalue weighted by atomic mass is 10.1. The molecule has 1 aromatic carbocycles. The minimum atomic E-state index is 0.301. The summed E-state index contributed by atoms with van der Waals surface area (Å²) < 4.78 is 0. The van der Waals surface area contributed by atoms with Gasteiger partial charge in [-0.25, -0.2) is 9.97 Å². The molecule has 108 valence electrons. The van der Waals surface area contributed by atoms with E-state index in [1.807, 2.05) is 11.4 Å². The van der Waals surface area contributed by atoms with E-state index in [-0.39, 0.29) is 0 Å². The topological polar surface area (TPSA) is 41.0 Å². The Bertz CT molecular complexity index is 708. The summed E-state index contributed by atoms with van der Waals surface area (Å²) >= 11 is 1.64. The molecule has 21 heavy (non-hydrogen) atoms. The van der Waals surface area contributed by atoms with Gasteiger partial charge in [-0.15, -0.1) is 11.3 Å². The first-order valence-electron chi connectivity index (χ1n) is 6.89. The van der Waals surface area contributed by atoms with Crippen LogP contribution < -0.4 is 5.32 Å². The van der Waals surface area contributed by atoms with Gasteiger partial charge in [0.2, 0.25) is 0 Å². The van der Waals surface area contributed by atoms with Crippen molar-refractivity contribution >= 4 is 27.4 Å². The van der Waals surface area contributed by atoms with E-state index < -0.39 is 0 Å². The second kappa shape index (κ2) is 6.20. The number of rotatable bonds is 5. The number of likely N-dealkylation sites (N-methyl/N-ethyl adjacent to an activating group) is 1. The number of hydrogen-bond acceptors (Lipinski definition) is 5. The fourth-order valence-corrected chi connectivity index (χ4v) is 3.13. The van der Waals surface area contributed by atoms with Crippen molar-refractivity contribution in [2.75, 3.05) is 26.0 Å². The van der Waals surface area contributed by atoms with E-state index in [0.29, 0.717) is 6.04 Å². The van der Waals surface area contributed by atoms with Crippen molar-refractivity contribution in [3.63, 3.8) is 0 Å². The highest BCUT2D eigenvalue weighted by Gasteiger charge is 2.14. The molecule has 1 atom stereocenters. The Morgan fingerprint density at radius 3 is 2.71 bits per heavy atom. The molecular weight excluding hydrogens is 280 g/mol. The molecule has 0 spiro atoms. The van der Waals surface area contributed by atoms with Crippen molar-refractivity contribution in [2.45, 2.75) is 6.04 Å². The van der Waals surface area contributed by atoms with Crippen LogP contribution in [-0.2, 0) is 0 Å². The van der Waals surface area contributed by atoms with E-state index in [9.17, 15) is 0 Å². The zero-order valence-electron chi connectivity index (χ0n) is 12.2. The Kier molecular flexibility index (Phi) is 4.13. The summed E-state index contributed by atoms with van der Waals surface area (Å²) in [7, 11) is 4.19. The Balaban J connectivity index is 1.80. The molecule has 3 rings (SSSR count). The number of benzene rings is 1. The first-order valence-corrected chi connectivity index (χ1v) is 7.77. The Labute approximate surface area is 128 Å². The highest BCUT2D eigenvalue weighted by atomic mass is 32.1. The lowest BCUT2D eigenvalue weighted by Gasteiger charge is -2.25. The minimum absolute atomic E-state index is 0.301. The molecule has 0 saturated carbocycles. The van der Waals surface area contributed by atoms with Gasteiger partial charge in [0.1, 0.15) is 17.0 Å². The Hall–Kier alpha value is -1.98. The molecule has 1 N–H and O–H groups in total. The molecule has 0 fully saturated rings. The van der Waals surface area contributed by atoms with E-state index in [0.717, 1.165) is 22.6 Å². The van der Waals surface area contributed by atoms with E-state index in [4.69, 9.17) is 0 Å². The number of nitrogens with zero attached hydrogens (tertiary/aromatic N) is 3. The van der Waals surface area contributed by atoms with Crippen LogP contribution >= 0.6 is 11.3 Å². The predicted molar refractivity (Wildman–Crippen MR) is 88.8 cm³/mol. The maximum atomic E-state index is 4.37. The molecule has 2 aromatic heterocycles. The maximum absolute atomic E-state index is 4.37. The van der Waals surface area contributed by atoms with Gasteiger partial charge in [-0.05, 0) is 31.1 Å². The lowest BCUT2D eigenvalue weighted by Crippen LogP contribution is -2.27. The molecule has 0 bridgehead atoms. The van der Waals surface area contributed by atoms with E-state index in [1.54, 1.807) is 17.7 Å². The molecule has 0 aliphatic rings. The third-order valence-electron chi connectivity index (χ3n) is 3.53. The lowest BCUT2D eigenvalue weighted by molar-refractivity contribution is 0.311. The van der Waals surface area contributed by atoms with Gasteiger partial charge < -0.3 is 10.2 Å². The third-order valence-corrected chi connectivity index (χ3v) is 4.35. The summed E-state index contributed by atoms with van der Waals surface area (Å²) in [6.07, 6.45) is 1.62. The summed E-state index contributed by atoms with van der Waals surface area (Å²) in [5, 5.41) is 6.61. The molecule has 3 aromatic rings. The van der Waals surface area contributed by atoms with Gasteiger partial charge in [-0.1, -0.05) is 30.3 Å². The van der Waals surface area contributed by atoms with Gasteiger partial charge in [0.05, 0.1) is 11.4 Å². The van der Waals surface area contributed by atoms with Crippen molar-refractivity contribution in [3.05, 3.63) is 53.7 Å². The standard InChI is InChI=1S/C16H18N4S/c1-20(2)14(12-6-4-3-5-7-12)10-17-15-13-8-9-21-16(13)19-11-18-15/h3-9,11,14H,10H2,1-2H3,(H,17,18,19)/t14-/m0/s1. The average Bonchev–Trinajstić information content (AvgIpc) is 2.97. The van der Waals surface area contributed by atoms with Gasteiger partial charge in [0, 0.05) is 6.54 Å². The zero-order chi connectivity index (χ0) is 14.7. The number of hydrogen-bond donors (Lipinski definition) is 1. The summed E-state index contributed by atoms with van der Waals surface area (Å²) in [6.45, 7) is 0.805. The van der Waals surface area contributed by atoms with Crippen LogP contribution in [0.5, 0.6) is 0 Å². The summed E-state index contributed by atoms with van der Waals surface area (Å²) in [4.78, 5) is 11.9. The fraction of sp³-hybridized carbons (Fsp3) is 0.250. The van der Waals surface area contributed by atoms with E-state index in [1.165, 1.54) is 5.56 Å². The molecule has 2 heterocycles. The minimum Gasteiger partial charge on any atom is -0.368 e. The summed E-state index contributed by atoms with van der Waals surface area (Å²) in [6, 6.07) is 12.9. The van der Waals surface area contributed by atoms with Gasteiger partial charge in [-0.3, -0.25) is 0 Å². The van der Waals surface area contributed by atoms with Crippen molar-refractivity contribution in [3.8, 4) is 0 Å². The normalized spacial score (nSPS) is 12.7. The maximum Gasteiger partial charge on any atom is 0.138 e. The molecule has 0 aliphatic heterocycles. The van der Waals surface area contributed by atoms with Crippen molar-refractivity contribution in [1.29, 1.82) is 0 Å². The zero-order valence-corrected chi connectivity index (χ0v) is 13.0. The van der Waals surface area contributed by atoms with Crippen LogP contribution in [0.15, 0.2) is 48.1 Å². The Morgan fingerprint density at radius 1 is 1.14 bits per heavy atom. The second-order valence-corrected chi connectivity index (χ2v) is 6.03. The van der Waals surface area contributed by atoms with Crippen molar-refractivity contribution in [2.24, 2.45) is 0 Å². The predicted octanol–water partition coefficient (Wildman–Crippen LogP) is 3.41. The summed E-state index contributed by atoms with van der Waals surface area (Å²) in [5.41, 5.74) is 1.30. The largest absolute Gasteiger partial charge is 0.368 e. The molecule has 0 radical (unpaired) electrons. The number of nitrogens with one attached hydrogen (secondary N) is 1. The van der Waals surface area contributed by atoms with Crippen LogP contribution in [0.3, 0.4) is 0 Å². The third kappa shape index (κ3) is 3.04. The van der Waals surface area contributed by atoms with Gasteiger partial charge in [0.15, 0.2) is 0 Å². The van der Waals surface area contributed by atoms with E-state index >= 15 is 0 Å². The van der Waals surface area contributed by atoms with Crippen LogP contribution in [-0.4, -0.2) is 35.5 Å². The van der Waals surface area contributed by atoms with Crippen LogP contribution in [0, 0.1) is 0 Å². The average molecular weight is 298 g/mol. The second-order valence-electron chi connectivity index (χ2n) is 5.13. The number of thiophene rings is 1. The molecule has 0 saturated heterocycles. The summed E-state index contributed by atoms with van der Waals surface area (Å²) in [5.74, 6) is 0.907. The first-order chi connectivity index (χ1) is 10.3. The highest BCUT2D eigenvalue weighted by molar-refractivity contribution is 7.16. The van der Waals surface area contributed by atoms with Gasteiger partial charge >= 0.3 is 0 Å². The van der Waals surface area contributed by atoms with Crippen LogP contribution in [0.4, 0.5) is 5.82 Å². The molecule has 5 heteroatoms. The van der Waals surface area contributed by atoms with E-state index in [2.05, 4.69) is 64.6 Å². The van der Waals surface area contributed by atoms with Crippen molar-refractivity contribution in [1.82, 2.24) is 14.9 Å². The SMILES string of the molecule is CN(C)[C@@H](CNc1ncnc2sccc12)c1ccccc1. The van der Waals surface area contributed by atoms with Crippen LogP contribution in [0.25, 0.3) is 10.2 Å². The van der Waals surface area contributed by atoms with Crippen LogP contribution in [0.1, 0.15) is 11.6 Å². The van der Waals surface area contributed by atoms with Gasteiger partial charge in [-0.2, -0.15) is 0 Å².